The van der Waals surface area contributed by atoms with Crippen molar-refractivity contribution in [3.63, 3.8) is 0 Å². The van der Waals surface area contributed by atoms with E-state index < -0.39 is 5.97 Å². The maximum atomic E-state index is 11.3. The van der Waals surface area contributed by atoms with Gasteiger partial charge in [-0.2, -0.15) is 0 Å². The summed E-state index contributed by atoms with van der Waals surface area (Å²) in [7, 11) is 0. The van der Waals surface area contributed by atoms with Crippen LogP contribution in [-0.2, 0) is 6.54 Å². The van der Waals surface area contributed by atoms with Gasteiger partial charge in [0.15, 0.2) is 5.69 Å². The highest BCUT2D eigenvalue weighted by Crippen LogP contribution is 2.30. The number of hydrogen-bond acceptors (Lipinski definition) is 5. The number of carboxylic acids is 1. The van der Waals surface area contributed by atoms with E-state index in [4.69, 9.17) is 11.6 Å². The van der Waals surface area contributed by atoms with Gasteiger partial charge in [-0.1, -0.05) is 17.7 Å². The van der Waals surface area contributed by atoms with Crippen molar-refractivity contribution in [1.82, 2.24) is 19.5 Å². The molecule has 1 N–H and O–H groups in total. The number of piperidine rings is 1. The second-order valence-electron chi connectivity index (χ2n) is 6.86. The number of aromatic carboxylic acids is 1. The Balaban J connectivity index is 1.55. The highest BCUT2D eigenvalue weighted by Gasteiger charge is 2.26. The first kappa shape index (κ1) is 18.4. The maximum Gasteiger partial charge on any atom is 0.356 e. The SMILES string of the molecule is O=C(O)c1nc(N2CCC[C@@H](c3nccn3Cc3cccnc3)C2)ccc1Cl. The van der Waals surface area contributed by atoms with Crippen LogP contribution in [0.3, 0.4) is 0 Å². The van der Waals surface area contributed by atoms with E-state index in [0.717, 1.165) is 43.9 Å². The molecular weight excluding hydrogens is 378 g/mol. The van der Waals surface area contributed by atoms with Crippen LogP contribution in [0.25, 0.3) is 0 Å². The van der Waals surface area contributed by atoms with Gasteiger partial charge in [-0.15, -0.1) is 0 Å². The molecule has 0 amide bonds. The fourth-order valence-corrected chi connectivity index (χ4v) is 3.84. The standard InChI is InChI=1S/C20H20ClN5O2/c21-16-5-6-17(24-18(16)20(27)28)25-9-2-4-15(13-25)19-23-8-10-26(19)12-14-3-1-7-22-11-14/h1,3,5-8,10-11,15H,2,4,9,12-13H2,(H,27,28)/t15-/m1/s1. The van der Waals surface area contributed by atoms with Crippen molar-refractivity contribution in [3.8, 4) is 0 Å². The van der Waals surface area contributed by atoms with Crippen LogP contribution in [0.5, 0.6) is 0 Å². The van der Waals surface area contributed by atoms with E-state index in [-0.39, 0.29) is 16.6 Å². The average molecular weight is 398 g/mol. The molecular formula is C20H20ClN5O2. The van der Waals surface area contributed by atoms with Gasteiger partial charge >= 0.3 is 5.97 Å². The highest BCUT2D eigenvalue weighted by atomic mass is 35.5. The first-order valence-electron chi connectivity index (χ1n) is 9.16. The first-order valence-corrected chi connectivity index (χ1v) is 9.54. The normalized spacial score (nSPS) is 16.9. The zero-order chi connectivity index (χ0) is 19.5. The number of anilines is 1. The van der Waals surface area contributed by atoms with Crippen molar-refractivity contribution >= 4 is 23.4 Å². The van der Waals surface area contributed by atoms with Gasteiger partial charge in [0, 0.05) is 43.8 Å². The van der Waals surface area contributed by atoms with Gasteiger partial charge in [0.25, 0.3) is 0 Å². The van der Waals surface area contributed by atoms with Gasteiger partial charge in [-0.05, 0) is 36.6 Å². The largest absolute Gasteiger partial charge is 0.476 e. The molecule has 3 aromatic rings. The molecule has 0 aromatic carbocycles. The summed E-state index contributed by atoms with van der Waals surface area (Å²) in [5.74, 6) is 0.788. The predicted molar refractivity (Wildman–Crippen MR) is 106 cm³/mol. The molecule has 4 heterocycles. The minimum atomic E-state index is -1.12. The molecule has 7 nitrogen and oxygen atoms in total. The summed E-state index contributed by atoms with van der Waals surface area (Å²) in [6.45, 7) is 2.29. The van der Waals surface area contributed by atoms with E-state index in [1.54, 1.807) is 18.3 Å². The van der Waals surface area contributed by atoms with E-state index in [0.29, 0.717) is 5.82 Å². The Bertz CT molecular complexity index is 976. The number of hydrogen-bond donors (Lipinski definition) is 1. The zero-order valence-electron chi connectivity index (χ0n) is 15.2. The van der Waals surface area contributed by atoms with Gasteiger partial charge < -0.3 is 14.6 Å². The van der Waals surface area contributed by atoms with E-state index in [1.165, 1.54) is 0 Å². The van der Waals surface area contributed by atoms with Crippen molar-refractivity contribution in [2.75, 3.05) is 18.0 Å². The fraction of sp³-hybridized carbons (Fsp3) is 0.300. The Kier molecular flexibility index (Phi) is 5.25. The van der Waals surface area contributed by atoms with E-state index >= 15 is 0 Å². The van der Waals surface area contributed by atoms with Crippen molar-refractivity contribution in [1.29, 1.82) is 0 Å². The first-order chi connectivity index (χ1) is 13.6. The lowest BCUT2D eigenvalue weighted by atomic mass is 9.97. The molecule has 1 aliphatic rings. The minimum absolute atomic E-state index is 0.112. The summed E-state index contributed by atoms with van der Waals surface area (Å²) in [5.41, 5.74) is 1.01. The quantitative estimate of drug-likeness (QED) is 0.709. The molecule has 1 aliphatic heterocycles. The predicted octanol–water partition coefficient (Wildman–Crippen LogP) is 3.46. The molecule has 0 saturated carbocycles. The molecule has 1 saturated heterocycles. The van der Waals surface area contributed by atoms with Gasteiger partial charge in [0.2, 0.25) is 0 Å². The molecule has 1 fully saturated rings. The Morgan fingerprint density at radius 3 is 2.96 bits per heavy atom. The van der Waals surface area contributed by atoms with Crippen LogP contribution in [0, 0.1) is 0 Å². The fourth-order valence-electron chi connectivity index (χ4n) is 3.66. The lowest BCUT2D eigenvalue weighted by Crippen LogP contribution is -2.36. The third-order valence-electron chi connectivity index (χ3n) is 4.97. The molecule has 28 heavy (non-hydrogen) atoms. The van der Waals surface area contributed by atoms with Crippen molar-refractivity contribution in [2.45, 2.75) is 25.3 Å². The number of carboxylic acid groups (broad SMARTS) is 1. The van der Waals surface area contributed by atoms with Crippen molar-refractivity contribution in [2.24, 2.45) is 0 Å². The summed E-state index contributed by atoms with van der Waals surface area (Å²) in [5, 5.41) is 9.43. The molecule has 0 radical (unpaired) electrons. The molecule has 0 unspecified atom stereocenters. The summed E-state index contributed by atoms with van der Waals surface area (Å²) in [6, 6.07) is 7.36. The third kappa shape index (κ3) is 3.84. The second-order valence-corrected chi connectivity index (χ2v) is 7.27. The number of rotatable bonds is 5. The summed E-state index contributed by atoms with van der Waals surface area (Å²) >= 11 is 5.96. The molecule has 0 spiro atoms. The van der Waals surface area contributed by atoms with Crippen LogP contribution >= 0.6 is 11.6 Å². The van der Waals surface area contributed by atoms with E-state index in [9.17, 15) is 9.90 Å². The van der Waals surface area contributed by atoms with Gasteiger partial charge in [-0.3, -0.25) is 4.98 Å². The van der Waals surface area contributed by atoms with Crippen LogP contribution in [0.15, 0.2) is 49.1 Å². The zero-order valence-corrected chi connectivity index (χ0v) is 16.0. The molecule has 3 aromatic heterocycles. The summed E-state index contributed by atoms with van der Waals surface area (Å²) in [4.78, 5) is 26.5. The molecule has 1 atom stereocenters. The number of aromatic nitrogens is 4. The maximum absolute atomic E-state index is 11.3. The Hall–Kier alpha value is -2.93. The number of nitrogens with zero attached hydrogens (tertiary/aromatic N) is 5. The van der Waals surface area contributed by atoms with Gasteiger partial charge in [0.05, 0.1) is 11.6 Å². The summed E-state index contributed by atoms with van der Waals surface area (Å²) in [6.07, 6.45) is 9.46. The Morgan fingerprint density at radius 1 is 1.29 bits per heavy atom. The lowest BCUT2D eigenvalue weighted by Gasteiger charge is -2.33. The number of imidazole rings is 1. The van der Waals surface area contributed by atoms with E-state index in [1.807, 2.05) is 24.7 Å². The minimum Gasteiger partial charge on any atom is -0.476 e. The van der Waals surface area contributed by atoms with Crippen molar-refractivity contribution < 1.29 is 9.90 Å². The van der Waals surface area contributed by atoms with E-state index in [2.05, 4.69) is 30.5 Å². The van der Waals surface area contributed by atoms with Crippen LogP contribution in [-0.4, -0.2) is 43.7 Å². The molecule has 0 aliphatic carbocycles. The van der Waals surface area contributed by atoms with Crippen molar-refractivity contribution in [3.05, 3.63) is 71.2 Å². The Labute approximate surface area is 167 Å². The van der Waals surface area contributed by atoms with Gasteiger partial charge in [0.1, 0.15) is 11.6 Å². The third-order valence-corrected chi connectivity index (χ3v) is 5.27. The van der Waals surface area contributed by atoms with Crippen LogP contribution < -0.4 is 4.90 Å². The summed E-state index contributed by atoms with van der Waals surface area (Å²) < 4.78 is 2.16. The smallest absolute Gasteiger partial charge is 0.356 e. The number of halogens is 1. The van der Waals surface area contributed by atoms with Crippen LogP contribution in [0.1, 0.15) is 40.6 Å². The number of carbonyl (C=O) groups is 1. The highest BCUT2D eigenvalue weighted by molar-refractivity contribution is 6.33. The Morgan fingerprint density at radius 2 is 2.18 bits per heavy atom. The van der Waals surface area contributed by atoms with Gasteiger partial charge in [-0.25, -0.2) is 14.8 Å². The molecule has 8 heteroatoms. The number of pyridine rings is 2. The molecule has 144 valence electrons. The molecule has 0 bridgehead atoms. The van der Waals surface area contributed by atoms with Crippen LogP contribution in [0.2, 0.25) is 5.02 Å². The lowest BCUT2D eigenvalue weighted by molar-refractivity contribution is 0.0691. The van der Waals surface area contributed by atoms with Crippen LogP contribution in [0.4, 0.5) is 5.82 Å². The average Bonchev–Trinajstić information content (AvgIpc) is 3.17. The topological polar surface area (TPSA) is 84.1 Å². The second kappa shape index (κ2) is 7.98. The molecule has 4 rings (SSSR count). The monoisotopic (exact) mass is 397 g/mol.